The van der Waals surface area contributed by atoms with Crippen LogP contribution in [0.4, 0.5) is 0 Å². The number of aromatic nitrogens is 3. The van der Waals surface area contributed by atoms with Gasteiger partial charge >= 0.3 is 0 Å². The Morgan fingerprint density at radius 1 is 1.10 bits per heavy atom. The second-order valence-electron chi connectivity index (χ2n) is 7.71. The summed E-state index contributed by atoms with van der Waals surface area (Å²) >= 11 is 0. The lowest BCUT2D eigenvalue weighted by Gasteiger charge is -2.12. The molecular formula is C24H24N4O2. The molecule has 0 radical (unpaired) electrons. The maximum Gasteiger partial charge on any atom is 0.258 e. The topological polar surface area (TPSA) is 61.1 Å². The van der Waals surface area contributed by atoms with E-state index >= 15 is 0 Å². The van der Waals surface area contributed by atoms with Gasteiger partial charge in [-0.3, -0.25) is 14.0 Å². The van der Waals surface area contributed by atoms with Crippen molar-refractivity contribution in [2.75, 3.05) is 6.54 Å². The molecule has 2 aromatic carbocycles. The van der Waals surface area contributed by atoms with E-state index in [0.29, 0.717) is 18.4 Å². The van der Waals surface area contributed by atoms with E-state index in [1.807, 2.05) is 65.5 Å². The molecule has 1 N–H and O–H groups in total. The first-order chi connectivity index (χ1) is 14.8. The minimum Gasteiger partial charge on any atom is -0.489 e. The summed E-state index contributed by atoms with van der Waals surface area (Å²) in [4.78, 5) is 12.7. The van der Waals surface area contributed by atoms with Crippen molar-refractivity contribution in [2.45, 2.75) is 32.0 Å². The van der Waals surface area contributed by atoms with Crippen LogP contribution in [0.5, 0.6) is 5.75 Å². The summed E-state index contributed by atoms with van der Waals surface area (Å²) in [6.07, 6.45) is 6.04. The molecule has 0 aliphatic carbocycles. The van der Waals surface area contributed by atoms with Gasteiger partial charge in [0.2, 0.25) is 0 Å². The third-order valence-electron chi connectivity index (χ3n) is 5.60. The molecule has 0 amide bonds. The second-order valence-corrected chi connectivity index (χ2v) is 7.71. The van der Waals surface area contributed by atoms with Crippen molar-refractivity contribution < 1.29 is 4.74 Å². The number of nitrogens with zero attached hydrogens (tertiary/aromatic N) is 3. The highest BCUT2D eigenvalue weighted by Gasteiger charge is 2.16. The third-order valence-corrected chi connectivity index (χ3v) is 5.60. The zero-order valence-electron chi connectivity index (χ0n) is 16.7. The van der Waals surface area contributed by atoms with Crippen LogP contribution in [0.2, 0.25) is 0 Å². The molecule has 1 fully saturated rings. The maximum atomic E-state index is 12.7. The highest BCUT2D eigenvalue weighted by molar-refractivity contribution is 5.81. The van der Waals surface area contributed by atoms with E-state index in [0.717, 1.165) is 35.2 Å². The zero-order valence-corrected chi connectivity index (χ0v) is 16.7. The highest BCUT2D eigenvalue weighted by Crippen LogP contribution is 2.20. The van der Waals surface area contributed by atoms with Gasteiger partial charge in [-0.15, -0.1) is 0 Å². The van der Waals surface area contributed by atoms with Crippen LogP contribution >= 0.6 is 0 Å². The summed E-state index contributed by atoms with van der Waals surface area (Å²) in [5.41, 5.74) is 2.85. The van der Waals surface area contributed by atoms with Crippen LogP contribution < -0.4 is 15.6 Å². The summed E-state index contributed by atoms with van der Waals surface area (Å²) in [5.74, 6) is 0.568. The Labute approximate surface area is 174 Å². The minimum atomic E-state index is -0.123. The monoisotopic (exact) mass is 400 g/mol. The third kappa shape index (κ3) is 3.86. The van der Waals surface area contributed by atoms with Crippen molar-refractivity contribution in [3.8, 4) is 11.4 Å². The van der Waals surface area contributed by atoms with Gasteiger partial charge in [-0.25, -0.2) is 0 Å². The van der Waals surface area contributed by atoms with E-state index in [1.54, 1.807) is 10.8 Å². The van der Waals surface area contributed by atoms with Crippen LogP contribution in [0.3, 0.4) is 0 Å². The molecule has 0 unspecified atom stereocenters. The van der Waals surface area contributed by atoms with Crippen LogP contribution in [-0.2, 0) is 13.2 Å². The molecule has 4 aromatic rings. The number of pyridine rings is 1. The van der Waals surface area contributed by atoms with Crippen molar-refractivity contribution in [2.24, 2.45) is 0 Å². The molecule has 0 saturated carbocycles. The number of hydrogen-bond donors (Lipinski definition) is 1. The molecule has 0 spiro atoms. The first-order valence-electron chi connectivity index (χ1n) is 10.3. The van der Waals surface area contributed by atoms with Crippen LogP contribution in [0, 0.1) is 0 Å². The van der Waals surface area contributed by atoms with Gasteiger partial charge in [0.15, 0.2) is 0 Å². The molecule has 5 rings (SSSR count). The van der Waals surface area contributed by atoms with Crippen molar-refractivity contribution in [1.82, 2.24) is 19.7 Å². The molecule has 1 aliphatic heterocycles. The van der Waals surface area contributed by atoms with E-state index in [-0.39, 0.29) is 5.56 Å². The van der Waals surface area contributed by atoms with Crippen molar-refractivity contribution in [3.63, 3.8) is 0 Å². The van der Waals surface area contributed by atoms with Gasteiger partial charge in [0, 0.05) is 29.4 Å². The lowest BCUT2D eigenvalue weighted by atomic mass is 10.2. The second kappa shape index (κ2) is 8.16. The fraction of sp³-hybridized carbons (Fsp3) is 0.250. The Morgan fingerprint density at radius 3 is 2.80 bits per heavy atom. The van der Waals surface area contributed by atoms with Crippen molar-refractivity contribution >= 4 is 10.9 Å². The highest BCUT2D eigenvalue weighted by atomic mass is 16.5. The molecule has 1 atom stereocenters. The largest absolute Gasteiger partial charge is 0.489 e. The number of ether oxygens (including phenoxy) is 1. The first kappa shape index (κ1) is 18.6. The molecule has 1 saturated heterocycles. The average molecular weight is 400 g/mol. The Hall–Kier alpha value is -3.38. The number of hydrogen-bond acceptors (Lipinski definition) is 4. The Morgan fingerprint density at radius 2 is 2.00 bits per heavy atom. The van der Waals surface area contributed by atoms with E-state index in [1.165, 1.54) is 18.9 Å². The SMILES string of the molecule is O=c1cc(OCc2ccccc2)ccn1-c1ccc2c(cnn2C[C@@H]2CCCN2)c1. The summed E-state index contributed by atoms with van der Waals surface area (Å²) in [6, 6.07) is 19.8. The van der Waals surface area contributed by atoms with E-state index in [9.17, 15) is 4.79 Å². The molecular weight excluding hydrogens is 376 g/mol. The predicted octanol–water partition coefficient (Wildman–Crippen LogP) is 3.52. The Balaban J connectivity index is 1.35. The van der Waals surface area contributed by atoms with Crippen LogP contribution in [0.25, 0.3) is 16.6 Å². The predicted molar refractivity (Wildman–Crippen MR) is 117 cm³/mol. The molecule has 0 bridgehead atoms. The van der Waals surface area contributed by atoms with Crippen LogP contribution in [0.1, 0.15) is 18.4 Å². The number of rotatable bonds is 6. The molecule has 152 valence electrons. The van der Waals surface area contributed by atoms with Gasteiger partial charge in [0.25, 0.3) is 5.56 Å². The Kier molecular flexibility index (Phi) is 5.07. The Bertz CT molecular complexity index is 1210. The molecule has 30 heavy (non-hydrogen) atoms. The summed E-state index contributed by atoms with van der Waals surface area (Å²) in [7, 11) is 0. The van der Waals surface area contributed by atoms with Gasteiger partial charge in [0.1, 0.15) is 12.4 Å². The van der Waals surface area contributed by atoms with E-state index in [2.05, 4.69) is 10.4 Å². The molecule has 3 heterocycles. The fourth-order valence-electron chi connectivity index (χ4n) is 4.00. The minimum absolute atomic E-state index is 0.123. The van der Waals surface area contributed by atoms with Crippen molar-refractivity contribution in [3.05, 3.63) is 89.0 Å². The van der Waals surface area contributed by atoms with Gasteiger partial charge < -0.3 is 10.1 Å². The smallest absolute Gasteiger partial charge is 0.258 e. The summed E-state index contributed by atoms with van der Waals surface area (Å²) < 4.78 is 9.44. The zero-order chi connectivity index (χ0) is 20.3. The molecule has 6 heteroatoms. The number of nitrogens with one attached hydrogen (secondary N) is 1. The van der Waals surface area contributed by atoms with Gasteiger partial charge in [0.05, 0.1) is 18.3 Å². The first-order valence-corrected chi connectivity index (χ1v) is 10.3. The molecule has 2 aromatic heterocycles. The molecule has 1 aliphatic rings. The van der Waals surface area contributed by atoms with Gasteiger partial charge in [-0.2, -0.15) is 5.10 Å². The van der Waals surface area contributed by atoms with Crippen molar-refractivity contribution in [1.29, 1.82) is 0 Å². The van der Waals surface area contributed by atoms with Crippen LogP contribution in [0.15, 0.2) is 77.9 Å². The lowest BCUT2D eigenvalue weighted by molar-refractivity contribution is 0.305. The quantitative estimate of drug-likeness (QED) is 0.538. The lowest BCUT2D eigenvalue weighted by Crippen LogP contribution is -2.27. The van der Waals surface area contributed by atoms with Gasteiger partial charge in [-0.1, -0.05) is 30.3 Å². The average Bonchev–Trinajstić information content (AvgIpc) is 3.43. The summed E-state index contributed by atoms with van der Waals surface area (Å²) in [5, 5.41) is 9.09. The fourth-order valence-corrected chi connectivity index (χ4v) is 4.00. The van der Waals surface area contributed by atoms with E-state index in [4.69, 9.17) is 4.74 Å². The van der Waals surface area contributed by atoms with Gasteiger partial charge in [-0.05, 0) is 49.2 Å². The van der Waals surface area contributed by atoms with Crippen LogP contribution in [-0.4, -0.2) is 26.9 Å². The molecule has 6 nitrogen and oxygen atoms in total. The standard InChI is InChI=1S/C24H24N4O2/c29-24-14-22(30-17-18-5-2-1-3-6-18)10-12-27(24)21-8-9-23-19(13-21)15-26-28(23)16-20-7-4-11-25-20/h1-3,5-6,8-10,12-15,20,25H,4,7,11,16-17H2/t20-/m0/s1. The number of fused-ring (bicyclic) bond motifs is 1. The number of benzene rings is 2. The normalized spacial score (nSPS) is 16.2. The van der Waals surface area contributed by atoms with E-state index < -0.39 is 0 Å². The summed E-state index contributed by atoms with van der Waals surface area (Å²) in [6.45, 7) is 2.39. The maximum absolute atomic E-state index is 12.7.